The van der Waals surface area contributed by atoms with Crippen LogP contribution in [-0.4, -0.2) is 50.1 Å². The van der Waals surface area contributed by atoms with Gasteiger partial charge < -0.3 is 10.2 Å². The molecule has 1 aromatic heterocycles. The molecule has 0 saturated heterocycles. The van der Waals surface area contributed by atoms with Crippen LogP contribution in [-0.2, 0) is 9.59 Å². The van der Waals surface area contributed by atoms with E-state index in [0.717, 1.165) is 5.01 Å². The fourth-order valence-corrected chi connectivity index (χ4v) is 0.873. The third-order valence-corrected chi connectivity index (χ3v) is 1.37. The van der Waals surface area contributed by atoms with Crippen molar-refractivity contribution in [3.05, 3.63) is 12.7 Å². The van der Waals surface area contributed by atoms with E-state index < -0.39 is 25.0 Å². The average Bonchev–Trinajstić information content (AvgIpc) is 2.52. The van der Waals surface area contributed by atoms with Gasteiger partial charge in [0.05, 0.1) is 0 Å². The van der Waals surface area contributed by atoms with Gasteiger partial charge in [-0.15, -0.1) is 10.2 Å². The van der Waals surface area contributed by atoms with Crippen LogP contribution in [0.2, 0.25) is 0 Å². The molecule has 1 heterocycles. The number of carbonyl (C=O) groups is 2. The summed E-state index contributed by atoms with van der Waals surface area (Å²) in [4.78, 5) is 20.8. The summed E-state index contributed by atoms with van der Waals surface area (Å²) in [6.07, 6.45) is 2.46. The summed E-state index contributed by atoms with van der Waals surface area (Å²) >= 11 is 0. The van der Waals surface area contributed by atoms with E-state index in [-0.39, 0.29) is 0 Å². The van der Waals surface area contributed by atoms with Crippen LogP contribution in [0, 0.1) is 0 Å². The number of carboxylic acids is 2. The van der Waals surface area contributed by atoms with E-state index in [9.17, 15) is 9.59 Å². The second-order valence-corrected chi connectivity index (χ2v) is 2.45. The number of hydrogen-bond donors (Lipinski definition) is 2. The highest BCUT2D eigenvalue weighted by atomic mass is 16.4. The smallest absolute Gasteiger partial charge is 0.324 e. The van der Waals surface area contributed by atoms with Gasteiger partial charge in [0.2, 0.25) is 0 Å². The normalized spacial score (nSPS) is 9.71. The van der Waals surface area contributed by atoms with E-state index in [1.807, 2.05) is 0 Å². The average molecular weight is 200 g/mol. The molecular formula is C6H8N4O4. The lowest BCUT2D eigenvalue weighted by Gasteiger charge is -2.19. The molecule has 0 amide bonds. The maximum Gasteiger partial charge on any atom is 0.324 e. The zero-order chi connectivity index (χ0) is 10.6. The van der Waals surface area contributed by atoms with E-state index in [2.05, 4.69) is 10.2 Å². The summed E-state index contributed by atoms with van der Waals surface area (Å²) in [6, 6.07) is 0. The van der Waals surface area contributed by atoms with Crippen LogP contribution in [0.25, 0.3) is 0 Å². The van der Waals surface area contributed by atoms with Crippen LogP contribution in [0.15, 0.2) is 12.7 Å². The highest BCUT2D eigenvalue weighted by Crippen LogP contribution is 1.89. The summed E-state index contributed by atoms with van der Waals surface area (Å²) in [7, 11) is 0. The van der Waals surface area contributed by atoms with Crippen molar-refractivity contribution in [3.8, 4) is 0 Å². The minimum Gasteiger partial charge on any atom is -0.480 e. The third kappa shape index (κ3) is 2.73. The molecule has 0 saturated carbocycles. The molecular weight excluding hydrogens is 192 g/mol. The van der Waals surface area contributed by atoms with Crippen LogP contribution in [0.1, 0.15) is 0 Å². The largest absolute Gasteiger partial charge is 0.480 e. The Balaban J connectivity index is 2.71. The third-order valence-electron chi connectivity index (χ3n) is 1.37. The van der Waals surface area contributed by atoms with Crippen molar-refractivity contribution in [2.24, 2.45) is 0 Å². The topological polar surface area (TPSA) is 109 Å². The minimum atomic E-state index is -1.13. The number of nitrogens with zero attached hydrogens (tertiary/aromatic N) is 4. The molecule has 0 fully saturated rings. The first-order valence-electron chi connectivity index (χ1n) is 3.63. The molecule has 0 bridgehead atoms. The van der Waals surface area contributed by atoms with Gasteiger partial charge in [-0.1, -0.05) is 0 Å². The molecule has 14 heavy (non-hydrogen) atoms. The van der Waals surface area contributed by atoms with Gasteiger partial charge in [-0.2, -0.15) is 0 Å². The lowest BCUT2D eigenvalue weighted by atomic mass is 10.5. The predicted octanol–water partition coefficient (Wildman–Crippen LogP) is -1.61. The molecule has 1 rings (SSSR count). The molecule has 0 aromatic carbocycles. The first-order chi connectivity index (χ1) is 6.59. The molecule has 0 aliphatic carbocycles. The SMILES string of the molecule is O=C(O)CN(CC(=O)O)n1cnnc1. The number of rotatable bonds is 5. The second kappa shape index (κ2) is 4.21. The summed E-state index contributed by atoms with van der Waals surface area (Å²) < 4.78 is 1.21. The Labute approximate surface area is 78.4 Å². The quantitative estimate of drug-likeness (QED) is 0.588. The Morgan fingerprint density at radius 3 is 1.93 bits per heavy atom. The highest BCUT2D eigenvalue weighted by Gasteiger charge is 2.13. The van der Waals surface area contributed by atoms with Gasteiger partial charge in [0.25, 0.3) is 0 Å². The van der Waals surface area contributed by atoms with Gasteiger partial charge in [0.1, 0.15) is 25.7 Å². The van der Waals surface area contributed by atoms with E-state index in [4.69, 9.17) is 10.2 Å². The van der Waals surface area contributed by atoms with Crippen molar-refractivity contribution in [2.45, 2.75) is 0 Å². The molecule has 76 valence electrons. The van der Waals surface area contributed by atoms with E-state index >= 15 is 0 Å². The molecule has 0 unspecified atom stereocenters. The van der Waals surface area contributed by atoms with Gasteiger partial charge in [0.15, 0.2) is 0 Å². The van der Waals surface area contributed by atoms with E-state index in [0.29, 0.717) is 0 Å². The molecule has 8 heteroatoms. The van der Waals surface area contributed by atoms with Crippen molar-refractivity contribution < 1.29 is 19.8 Å². The second-order valence-electron chi connectivity index (χ2n) is 2.45. The summed E-state index contributed by atoms with van der Waals surface area (Å²) in [5, 5.41) is 25.0. The standard InChI is InChI=1S/C6H8N4O4/c11-5(12)1-9(2-6(13)14)10-3-7-8-4-10/h3-4H,1-2H2,(H,11,12)(H,13,14). The van der Waals surface area contributed by atoms with Crippen molar-refractivity contribution in [1.29, 1.82) is 0 Å². The lowest BCUT2D eigenvalue weighted by molar-refractivity contribution is -0.136. The zero-order valence-electron chi connectivity index (χ0n) is 7.07. The minimum absolute atomic E-state index is 0.426. The fraction of sp³-hybridized carbons (Fsp3) is 0.333. The van der Waals surface area contributed by atoms with E-state index in [1.54, 1.807) is 0 Å². The summed E-state index contributed by atoms with van der Waals surface area (Å²) in [5.74, 6) is -2.25. The number of carboxylic acid groups (broad SMARTS) is 2. The van der Waals surface area contributed by atoms with Crippen LogP contribution in [0.5, 0.6) is 0 Å². The van der Waals surface area contributed by atoms with Crippen LogP contribution >= 0.6 is 0 Å². The first-order valence-corrected chi connectivity index (χ1v) is 3.63. The molecule has 0 radical (unpaired) electrons. The predicted molar refractivity (Wildman–Crippen MR) is 43.2 cm³/mol. The van der Waals surface area contributed by atoms with Crippen LogP contribution in [0.3, 0.4) is 0 Å². The maximum absolute atomic E-state index is 10.4. The Hall–Kier alpha value is -2.12. The molecule has 0 aliphatic rings. The Bertz CT molecular complexity index is 307. The molecule has 0 spiro atoms. The van der Waals surface area contributed by atoms with Crippen molar-refractivity contribution in [2.75, 3.05) is 18.1 Å². The van der Waals surface area contributed by atoms with Gasteiger partial charge in [-0.3, -0.25) is 14.6 Å². The van der Waals surface area contributed by atoms with Gasteiger partial charge in [-0.25, -0.2) is 4.68 Å². The Morgan fingerprint density at radius 1 is 1.14 bits per heavy atom. The maximum atomic E-state index is 10.4. The molecule has 0 atom stereocenters. The molecule has 8 nitrogen and oxygen atoms in total. The summed E-state index contributed by atoms with van der Waals surface area (Å²) in [6.45, 7) is -0.853. The van der Waals surface area contributed by atoms with Gasteiger partial charge >= 0.3 is 11.9 Å². The number of aliphatic carboxylic acids is 2. The monoisotopic (exact) mass is 200 g/mol. The Morgan fingerprint density at radius 2 is 1.57 bits per heavy atom. The van der Waals surface area contributed by atoms with Crippen molar-refractivity contribution in [3.63, 3.8) is 0 Å². The van der Waals surface area contributed by atoms with Crippen molar-refractivity contribution >= 4 is 11.9 Å². The van der Waals surface area contributed by atoms with Gasteiger partial charge in [0, 0.05) is 0 Å². The highest BCUT2D eigenvalue weighted by molar-refractivity contribution is 5.75. The van der Waals surface area contributed by atoms with Crippen molar-refractivity contribution in [1.82, 2.24) is 14.9 Å². The number of aromatic nitrogens is 3. The van der Waals surface area contributed by atoms with Crippen LogP contribution in [0.4, 0.5) is 0 Å². The lowest BCUT2D eigenvalue weighted by Crippen LogP contribution is -2.42. The number of hydrogen-bond acceptors (Lipinski definition) is 5. The summed E-state index contributed by atoms with van der Waals surface area (Å²) in [5.41, 5.74) is 0. The first kappa shape index (κ1) is 9.96. The Kier molecular flexibility index (Phi) is 3.00. The zero-order valence-corrected chi connectivity index (χ0v) is 7.07. The fourth-order valence-electron chi connectivity index (χ4n) is 0.873. The van der Waals surface area contributed by atoms with Crippen LogP contribution < -0.4 is 5.01 Å². The molecule has 0 aliphatic heterocycles. The molecule has 2 N–H and O–H groups in total. The molecule has 1 aromatic rings. The van der Waals surface area contributed by atoms with Gasteiger partial charge in [-0.05, 0) is 0 Å². The van der Waals surface area contributed by atoms with E-state index in [1.165, 1.54) is 17.3 Å².